The molecule has 0 aliphatic carbocycles. The van der Waals surface area contributed by atoms with Crippen LogP contribution in [-0.2, 0) is 14.9 Å². The maximum absolute atomic E-state index is 13.0. The summed E-state index contributed by atoms with van der Waals surface area (Å²) in [6.45, 7) is 0. The van der Waals surface area contributed by atoms with Gasteiger partial charge in [-0.2, -0.15) is 8.42 Å². The van der Waals surface area contributed by atoms with Gasteiger partial charge in [-0.05, 0) is 36.4 Å². The van der Waals surface area contributed by atoms with E-state index in [1.807, 2.05) is 0 Å². The summed E-state index contributed by atoms with van der Waals surface area (Å²) in [6, 6.07) is 11.8. The first-order valence-corrected chi connectivity index (χ1v) is 10.9. The molecule has 3 aromatic carbocycles. The summed E-state index contributed by atoms with van der Waals surface area (Å²) in [6.07, 6.45) is 0. The normalized spacial score (nSPS) is 13.8. The Labute approximate surface area is 186 Å². The topological polar surface area (TPSA) is 94.8 Å². The van der Waals surface area contributed by atoms with Gasteiger partial charge in [-0.15, -0.1) is 0 Å². The number of rotatable bonds is 4. The van der Waals surface area contributed by atoms with E-state index in [0.717, 1.165) is 12.1 Å². The highest BCUT2D eigenvalue weighted by atomic mass is 35.5. The highest BCUT2D eigenvalue weighted by Crippen LogP contribution is 2.54. The standard InChI is InChI=1S/C19H12Cl4O5S/c20-10-5-6-14(22)12(9-10)19(29(26,27)28,11-3-1-2-4-13(11)21)17-15(24)7-8-16(25)18(17)23/h1-9,24-25H,(H,26,27,28). The Kier molecular flexibility index (Phi) is 5.98. The molecule has 0 spiro atoms. The molecular weight excluding hydrogens is 482 g/mol. The molecule has 0 aromatic heterocycles. The fraction of sp³-hybridized carbons (Fsp3) is 0.0526. The van der Waals surface area contributed by atoms with Gasteiger partial charge in [0, 0.05) is 31.8 Å². The number of hydrogen-bond acceptors (Lipinski definition) is 4. The first-order chi connectivity index (χ1) is 13.5. The molecule has 10 heteroatoms. The van der Waals surface area contributed by atoms with E-state index >= 15 is 0 Å². The quantitative estimate of drug-likeness (QED) is 0.239. The van der Waals surface area contributed by atoms with Crippen molar-refractivity contribution in [2.75, 3.05) is 0 Å². The molecule has 0 radical (unpaired) electrons. The third-order valence-electron chi connectivity index (χ3n) is 4.40. The molecule has 3 N–H and O–H groups in total. The van der Waals surface area contributed by atoms with Crippen LogP contribution in [-0.4, -0.2) is 23.2 Å². The van der Waals surface area contributed by atoms with Crippen molar-refractivity contribution in [2.24, 2.45) is 0 Å². The van der Waals surface area contributed by atoms with Crippen LogP contribution in [0.1, 0.15) is 16.7 Å². The average molecular weight is 494 g/mol. The average Bonchev–Trinajstić information content (AvgIpc) is 2.64. The fourth-order valence-electron chi connectivity index (χ4n) is 3.23. The van der Waals surface area contributed by atoms with Crippen LogP contribution in [0.5, 0.6) is 11.5 Å². The van der Waals surface area contributed by atoms with Crippen LogP contribution >= 0.6 is 46.4 Å². The maximum Gasteiger partial charge on any atom is 0.283 e. The van der Waals surface area contributed by atoms with Crippen LogP contribution in [0.25, 0.3) is 0 Å². The summed E-state index contributed by atoms with van der Waals surface area (Å²) in [4.78, 5) is 0. The number of benzene rings is 3. The van der Waals surface area contributed by atoms with Crippen molar-refractivity contribution in [1.82, 2.24) is 0 Å². The molecule has 5 nitrogen and oxygen atoms in total. The van der Waals surface area contributed by atoms with Crippen molar-refractivity contribution in [3.63, 3.8) is 0 Å². The second-order valence-electron chi connectivity index (χ2n) is 6.05. The van der Waals surface area contributed by atoms with E-state index in [9.17, 15) is 23.2 Å². The molecule has 1 unspecified atom stereocenters. The zero-order valence-electron chi connectivity index (χ0n) is 14.3. The molecule has 152 valence electrons. The Bertz CT molecular complexity index is 1210. The minimum atomic E-state index is -5.19. The van der Waals surface area contributed by atoms with Gasteiger partial charge in [-0.3, -0.25) is 4.55 Å². The lowest BCUT2D eigenvalue weighted by Crippen LogP contribution is -2.39. The Balaban J connectivity index is 2.71. The number of phenolic OH excluding ortho intramolecular Hbond substituents is 2. The summed E-state index contributed by atoms with van der Waals surface area (Å²) in [7, 11) is -5.19. The Morgan fingerprint density at radius 1 is 0.759 bits per heavy atom. The predicted octanol–water partition coefficient (Wildman–Crippen LogP) is 5.89. The molecule has 0 amide bonds. The van der Waals surface area contributed by atoms with E-state index in [2.05, 4.69) is 0 Å². The lowest BCUT2D eigenvalue weighted by molar-refractivity contribution is 0.434. The zero-order chi connectivity index (χ0) is 21.6. The van der Waals surface area contributed by atoms with Gasteiger partial charge in [-0.1, -0.05) is 64.6 Å². The third-order valence-corrected chi connectivity index (χ3v) is 7.09. The van der Waals surface area contributed by atoms with Crippen molar-refractivity contribution in [3.05, 3.63) is 91.4 Å². The minimum Gasteiger partial charge on any atom is -0.508 e. The molecule has 3 aromatic rings. The first-order valence-electron chi connectivity index (χ1n) is 7.90. The lowest BCUT2D eigenvalue weighted by Gasteiger charge is -2.35. The van der Waals surface area contributed by atoms with Gasteiger partial charge < -0.3 is 10.2 Å². The molecule has 0 saturated heterocycles. The summed E-state index contributed by atoms with van der Waals surface area (Å²) in [5.74, 6) is -1.15. The predicted molar refractivity (Wildman–Crippen MR) is 114 cm³/mol. The van der Waals surface area contributed by atoms with E-state index in [0.29, 0.717) is 0 Å². The van der Waals surface area contributed by atoms with Crippen LogP contribution in [0.15, 0.2) is 54.6 Å². The van der Waals surface area contributed by atoms with E-state index < -0.39 is 37.0 Å². The highest BCUT2D eigenvalue weighted by Gasteiger charge is 2.53. The van der Waals surface area contributed by atoms with Gasteiger partial charge in [0.1, 0.15) is 11.5 Å². The van der Waals surface area contributed by atoms with Crippen molar-refractivity contribution in [3.8, 4) is 11.5 Å². The molecule has 1 atom stereocenters. The van der Waals surface area contributed by atoms with Gasteiger partial charge in [0.15, 0.2) is 4.75 Å². The number of phenols is 2. The van der Waals surface area contributed by atoms with Gasteiger partial charge in [-0.25, -0.2) is 0 Å². The fourth-order valence-corrected chi connectivity index (χ4v) is 5.77. The number of hydrogen-bond donors (Lipinski definition) is 3. The Hall–Kier alpha value is -1.67. The second-order valence-corrected chi connectivity index (χ2v) is 9.24. The summed E-state index contributed by atoms with van der Waals surface area (Å²) in [5, 5.41) is 20.1. The molecule has 0 saturated carbocycles. The van der Waals surface area contributed by atoms with Crippen molar-refractivity contribution >= 4 is 56.5 Å². The van der Waals surface area contributed by atoms with Crippen LogP contribution in [0.2, 0.25) is 20.1 Å². The molecule has 0 heterocycles. The molecule has 0 aliphatic heterocycles. The Morgan fingerprint density at radius 2 is 1.34 bits per heavy atom. The smallest absolute Gasteiger partial charge is 0.283 e. The lowest BCUT2D eigenvalue weighted by atomic mass is 9.83. The first kappa shape index (κ1) is 22.0. The second kappa shape index (κ2) is 7.87. The summed E-state index contributed by atoms with van der Waals surface area (Å²) >= 11 is 24.9. The van der Waals surface area contributed by atoms with E-state index in [-0.39, 0.29) is 26.2 Å². The Morgan fingerprint density at radius 3 is 1.97 bits per heavy atom. The van der Waals surface area contributed by atoms with Crippen molar-refractivity contribution in [2.45, 2.75) is 4.75 Å². The van der Waals surface area contributed by atoms with Crippen LogP contribution in [0.4, 0.5) is 0 Å². The third kappa shape index (κ3) is 3.54. The minimum absolute atomic E-state index is 0.0695. The van der Waals surface area contributed by atoms with Crippen molar-refractivity contribution < 1.29 is 23.2 Å². The van der Waals surface area contributed by atoms with Crippen LogP contribution < -0.4 is 0 Å². The molecule has 29 heavy (non-hydrogen) atoms. The highest BCUT2D eigenvalue weighted by molar-refractivity contribution is 7.87. The van der Waals surface area contributed by atoms with Gasteiger partial charge in [0.2, 0.25) is 0 Å². The molecule has 0 bridgehead atoms. The number of halogens is 4. The largest absolute Gasteiger partial charge is 0.508 e. The molecular formula is C19H12Cl4O5S. The van der Waals surface area contributed by atoms with Crippen LogP contribution in [0.3, 0.4) is 0 Å². The number of aromatic hydroxyl groups is 2. The summed E-state index contributed by atoms with van der Waals surface area (Å²) in [5.41, 5.74) is -0.903. The zero-order valence-corrected chi connectivity index (χ0v) is 18.1. The monoisotopic (exact) mass is 492 g/mol. The van der Waals surface area contributed by atoms with E-state index in [1.54, 1.807) is 6.07 Å². The van der Waals surface area contributed by atoms with Gasteiger partial charge in [0.05, 0.1) is 5.02 Å². The molecule has 0 aliphatic rings. The van der Waals surface area contributed by atoms with Crippen LogP contribution in [0, 0.1) is 0 Å². The maximum atomic E-state index is 13.0. The van der Waals surface area contributed by atoms with Gasteiger partial charge >= 0.3 is 0 Å². The van der Waals surface area contributed by atoms with E-state index in [4.69, 9.17) is 46.4 Å². The van der Waals surface area contributed by atoms with E-state index in [1.165, 1.54) is 36.4 Å². The molecule has 0 fully saturated rings. The van der Waals surface area contributed by atoms with Crippen molar-refractivity contribution in [1.29, 1.82) is 0 Å². The van der Waals surface area contributed by atoms with Gasteiger partial charge in [0.25, 0.3) is 10.1 Å². The summed E-state index contributed by atoms with van der Waals surface area (Å²) < 4.78 is 34.0. The molecule has 3 rings (SSSR count). The SMILES string of the molecule is O=S(=O)(O)C(c1ccccc1Cl)(c1cc(Cl)ccc1Cl)c1c(O)ccc(O)c1Cl.